The van der Waals surface area contributed by atoms with Crippen molar-refractivity contribution in [2.75, 3.05) is 25.6 Å². The molecule has 0 radical (unpaired) electrons. The fourth-order valence-corrected chi connectivity index (χ4v) is 5.69. The third kappa shape index (κ3) is 6.30. The highest BCUT2D eigenvalue weighted by atomic mass is 16.6. The maximum atomic E-state index is 14.3. The molecular weight excluding hydrogens is 562 g/mol. The summed E-state index contributed by atoms with van der Waals surface area (Å²) >= 11 is 0. The van der Waals surface area contributed by atoms with Crippen molar-refractivity contribution >= 4 is 28.9 Å². The summed E-state index contributed by atoms with van der Waals surface area (Å²) in [5, 5.41) is 2.76. The van der Waals surface area contributed by atoms with E-state index in [-0.39, 0.29) is 31.2 Å². The number of aromatic amines is 1. The van der Waals surface area contributed by atoms with Gasteiger partial charge < -0.3 is 28.8 Å². The summed E-state index contributed by atoms with van der Waals surface area (Å²) < 4.78 is 22.8. The molecule has 2 amide bonds. The van der Waals surface area contributed by atoms with Gasteiger partial charge in [-0.1, -0.05) is 36.4 Å². The maximum absolute atomic E-state index is 14.3. The van der Waals surface area contributed by atoms with Gasteiger partial charge in [-0.25, -0.2) is 9.78 Å². The van der Waals surface area contributed by atoms with Gasteiger partial charge in [0.15, 0.2) is 0 Å². The Morgan fingerprint density at radius 3 is 2.59 bits per heavy atom. The molecule has 2 atom stereocenters. The van der Waals surface area contributed by atoms with Gasteiger partial charge in [0.1, 0.15) is 17.1 Å². The van der Waals surface area contributed by atoms with E-state index in [0.717, 1.165) is 27.9 Å². The molecule has 5 heterocycles. The van der Waals surface area contributed by atoms with Crippen molar-refractivity contribution < 1.29 is 28.5 Å². The Bertz CT molecular complexity index is 1650. The fraction of sp³-hybridized carbons (Fsp3) is 0.394. The number of hydrogen-bond donors (Lipinski definition) is 2. The molecule has 230 valence electrons. The molecule has 4 aromatic rings. The van der Waals surface area contributed by atoms with Crippen molar-refractivity contribution in [1.29, 1.82) is 0 Å². The SMILES string of the molecule is CO[C@@H]1CCOC[C@H]1N(Cc1ccc(-c2ccccc2)cn1)C(=O)c1cc2nc(NC(=O)OC(C)(C)C)c3c(c2[nH]1)COC3. The molecule has 1 fully saturated rings. The standard InChI is InChI=1S/C33H37N5O6/c1-33(2,3)44-32(40)37-30-24-18-43-17-23(24)29-25(36-30)14-26(35-29)31(39)38(27-19-42-13-12-28(27)41-4)16-22-11-10-21(15-34-22)20-8-6-5-7-9-20/h5-11,14-15,27-28,35H,12-13,16-19H2,1-4H3,(H,36,37,40)/t27-,28-/m1/s1. The molecule has 0 unspecified atom stereocenters. The van der Waals surface area contributed by atoms with Gasteiger partial charge in [-0.05, 0) is 44.9 Å². The number of carbonyl (C=O) groups is 2. The van der Waals surface area contributed by atoms with Crippen molar-refractivity contribution in [1.82, 2.24) is 19.9 Å². The summed E-state index contributed by atoms with van der Waals surface area (Å²) in [5.41, 5.74) is 5.34. The Balaban J connectivity index is 1.32. The van der Waals surface area contributed by atoms with Crippen LogP contribution in [0, 0.1) is 0 Å². The largest absolute Gasteiger partial charge is 0.444 e. The molecule has 44 heavy (non-hydrogen) atoms. The number of H-pyrrole nitrogens is 1. The van der Waals surface area contributed by atoms with Gasteiger partial charge in [0.05, 0.1) is 55.2 Å². The van der Waals surface area contributed by atoms with Crippen LogP contribution in [0.3, 0.4) is 0 Å². The number of methoxy groups -OCH3 is 1. The summed E-state index contributed by atoms with van der Waals surface area (Å²) in [4.78, 5) is 41.3. The molecule has 11 nitrogen and oxygen atoms in total. The van der Waals surface area contributed by atoms with Gasteiger partial charge >= 0.3 is 6.09 Å². The number of anilines is 1. The average Bonchev–Trinajstić information content (AvgIpc) is 3.67. The number of ether oxygens (including phenoxy) is 4. The predicted octanol–water partition coefficient (Wildman–Crippen LogP) is 5.45. The summed E-state index contributed by atoms with van der Waals surface area (Å²) in [6.07, 6.45) is 1.70. The van der Waals surface area contributed by atoms with Gasteiger partial charge in [-0.3, -0.25) is 15.1 Å². The number of benzene rings is 1. The topological polar surface area (TPSA) is 128 Å². The minimum absolute atomic E-state index is 0.193. The molecule has 2 N–H and O–H groups in total. The monoisotopic (exact) mass is 599 g/mol. The Kier molecular flexibility index (Phi) is 8.35. The number of aromatic nitrogens is 3. The van der Waals surface area contributed by atoms with Crippen molar-refractivity contribution in [2.45, 2.75) is 64.7 Å². The van der Waals surface area contributed by atoms with E-state index in [4.69, 9.17) is 23.9 Å². The zero-order valence-electron chi connectivity index (χ0n) is 25.4. The zero-order valence-corrected chi connectivity index (χ0v) is 25.4. The normalized spacial score (nSPS) is 18.2. The van der Waals surface area contributed by atoms with Gasteiger partial charge in [0.2, 0.25) is 0 Å². The first-order valence-corrected chi connectivity index (χ1v) is 14.7. The second-order valence-corrected chi connectivity index (χ2v) is 12.0. The van der Waals surface area contributed by atoms with Gasteiger partial charge in [-0.2, -0.15) is 0 Å². The number of rotatable bonds is 7. The predicted molar refractivity (Wildman–Crippen MR) is 164 cm³/mol. The van der Waals surface area contributed by atoms with Gasteiger partial charge in [-0.15, -0.1) is 0 Å². The molecule has 6 rings (SSSR count). The van der Waals surface area contributed by atoms with E-state index in [2.05, 4.69) is 15.3 Å². The van der Waals surface area contributed by atoms with Crippen LogP contribution in [0.15, 0.2) is 54.7 Å². The van der Waals surface area contributed by atoms with Crippen LogP contribution in [0.25, 0.3) is 22.2 Å². The third-order valence-electron chi connectivity index (χ3n) is 7.82. The Hall–Kier alpha value is -4.32. The fourth-order valence-electron chi connectivity index (χ4n) is 5.69. The van der Waals surface area contributed by atoms with E-state index in [9.17, 15) is 9.59 Å². The zero-order chi connectivity index (χ0) is 30.8. The molecule has 2 aliphatic rings. The number of pyridine rings is 2. The van der Waals surface area contributed by atoms with Crippen molar-refractivity contribution in [2.24, 2.45) is 0 Å². The number of carbonyl (C=O) groups excluding carboxylic acids is 2. The lowest BCUT2D eigenvalue weighted by atomic mass is 10.0. The van der Waals surface area contributed by atoms with Gasteiger partial charge in [0.25, 0.3) is 5.91 Å². The number of amides is 2. The van der Waals surface area contributed by atoms with Crippen LogP contribution in [-0.4, -0.2) is 69.9 Å². The molecule has 0 aliphatic carbocycles. The van der Waals surface area contributed by atoms with E-state index in [1.807, 2.05) is 48.7 Å². The molecule has 11 heteroatoms. The van der Waals surface area contributed by atoms with Crippen LogP contribution in [-0.2, 0) is 38.7 Å². The first-order chi connectivity index (χ1) is 21.2. The maximum Gasteiger partial charge on any atom is 0.413 e. The molecule has 1 saturated heterocycles. The van der Waals surface area contributed by atoms with Crippen molar-refractivity contribution in [3.05, 3.63) is 77.2 Å². The lowest BCUT2D eigenvalue weighted by molar-refractivity contribution is -0.0716. The highest BCUT2D eigenvalue weighted by Gasteiger charge is 2.36. The van der Waals surface area contributed by atoms with E-state index < -0.39 is 11.7 Å². The molecule has 0 saturated carbocycles. The van der Waals surface area contributed by atoms with E-state index in [1.165, 1.54) is 0 Å². The number of fused-ring (bicyclic) bond motifs is 3. The molecule has 0 spiro atoms. The number of hydrogen-bond acceptors (Lipinski definition) is 8. The second kappa shape index (κ2) is 12.4. The van der Waals surface area contributed by atoms with Crippen LogP contribution >= 0.6 is 0 Å². The number of nitrogens with zero attached hydrogens (tertiary/aromatic N) is 3. The first-order valence-electron chi connectivity index (χ1n) is 14.7. The quantitative estimate of drug-likeness (QED) is 0.287. The smallest absolute Gasteiger partial charge is 0.413 e. The third-order valence-corrected chi connectivity index (χ3v) is 7.82. The lowest BCUT2D eigenvalue weighted by Gasteiger charge is -2.38. The van der Waals surface area contributed by atoms with Crippen LogP contribution in [0.1, 0.15) is 54.5 Å². The summed E-state index contributed by atoms with van der Waals surface area (Å²) in [6, 6.07) is 15.4. The molecule has 1 aromatic carbocycles. The van der Waals surface area contributed by atoms with E-state index >= 15 is 0 Å². The van der Waals surface area contributed by atoms with Crippen molar-refractivity contribution in [3.8, 4) is 11.1 Å². The average molecular weight is 600 g/mol. The first kappa shape index (κ1) is 29.7. The van der Waals surface area contributed by atoms with Crippen molar-refractivity contribution in [3.63, 3.8) is 0 Å². The molecule has 3 aromatic heterocycles. The summed E-state index contributed by atoms with van der Waals surface area (Å²) in [5.74, 6) is 0.126. The lowest BCUT2D eigenvalue weighted by Crippen LogP contribution is -2.52. The van der Waals surface area contributed by atoms with E-state index in [0.29, 0.717) is 48.8 Å². The Morgan fingerprint density at radius 1 is 1.07 bits per heavy atom. The minimum atomic E-state index is -0.662. The van der Waals surface area contributed by atoms with Crippen LogP contribution < -0.4 is 5.32 Å². The minimum Gasteiger partial charge on any atom is -0.444 e. The van der Waals surface area contributed by atoms with Crippen LogP contribution in [0.5, 0.6) is 0 Å². The molecule has 2 aliphatic heterocycles. The summed E-state index contributed by atoms with van der Waals surface area (Å²) in [7, 11) is 1.66. The van der Waals surface area contributed by atoms with Crippen LogP contribution in [0.2, 0.25) is 0 Å². The highest BCUT2D eigenvalue weighted by Crippen LogP contribution is 2.33. The Morgan fingerprint density at radius 2 is 1.86 bits per heavy atom. The van der Waals surface area contributed by atoms with Crippen LogP contribution in [0.4, 0.5) is 10.6 Å². The van der Waals surface area contributed by atoms with Gasteiger partial charge in [0, 0.05) is 36.6 Å². The number of nitrogens with one attached hydrogen (secondary N) is 2. The highest BCUT2D eigenvalue weighted by molar-refractivity contribution is 5.99. The van der Waals surface area contributed by atoms with E-state index in [1.54, 1.807) is 38.8 Å². The Labute approximate surface area is 255 Å². The summed E-state index contributed by atoms with van der Waals surface area (Å²) in [6.45, 7) is 7.18. The molecular formula is C33H37N5O6. The molecule has 0 bridgehead atoms. The second-order valence-electron chi connectivity index (χ2n) is 12.0.